The van der Waals surface area contributed by atoms with E-state index in [4.69, 9.17) is 4.74 Å². The molecule has 0 N–H and O–H groups in total. The highest BCUT2D eigenvalue weighted by Crippen LogP contribution is 2.23. The van der Waals surface area contributed by atoms with Crippen LogP contribution < -0.4 is 4.74 Å². The molecule has 0 aliphatic heterocycles. The van der Waals surface area contributed by atoms with Crippen LogP contribution in [0.2, 0.25) is 0 Å². The number of aryl methyl sites for hydroxylation is 1. The second kappa shape index (κ2) is 5.49. The Labute approximate surface area is 118 Å². The quantitative estimate of drug-likeness (QED) is 0.806. The molecule has 0 radical (unpaired) electrons. The van der Waals surface area contributed by atoms with Crippen molar-refractivity contribution in [3.05, 3.63) is 47.4 Å². The maximum Gasteiger partial charge on any atom is 0.218 e. The number of nitrogens with zero attached hydrogens (tertiary/aromatic N) is 2. The second-order valence-electron chi connectivity index (χ2n) is 5.17. The minimum Gasteiger partial charge on any atom is -0.481 e. The highest BCUT2D eigenvalue weighted by molar-refractivity contribution is 5.97. The van der Waals surface area contributed by atoms with Crippen LogP contribution in [0, 0.1) is 0 Å². The number of ether oxygens (including phenoxy) is 1. The number of ketones is 1. The number of carbonyl (C=O) groups is 1. The first-order valence-electron chi connectivity index (χ1n) is 6.97. The molecule has 0 unspecified atom stereocenters. The Balaban J connectivity index is 1.89. The fourth-order valence-corrected chi connectivity index (χ4v) is 2.76. The van der Waals surface area contributed by atoms with E-state index in [0.717, 1.165) is 30.4 Å². The number of pyridine rings is 1. The summed E-state index contributed by atoms with van der Waals surface area (Å²) in [6.45, 7) is 0.678. The van der Waals surface area contributed by atoms with E-state index >= 15 is 0 Å². The lowest BCUT2D eigenvalue weighted by Gasteiger charge is -2.07. The molecule has 0 bridgehead atoms. The Hall–Kier alpha value is -2.10. The van der Waals surface area contributed by atoms with E-state index in [2.05, 4.69) is 15.7 Å². The Morgan fingerprint density at radius 2 is 2.15 bits per heavy atom. The molecular weight excluding hydrogens is 252 g/mol. The SMILES string of the molecule is COc1ncccc1Cn1cc2c(c1)C(=O)CCCC2. The van der Waals surface area contributed by atoms with Crippen molar-refractivity contribution in [3.8, 4) is 5.88 Å². The summed E-state index contributed by atoms with van der Waals surface area (Å²) in [7, 11) is 1.63. The van der Waals surface area contributed by atoms with E-state index in [1.807, 2.05) is 18.3 Å². The summed E-state index contributed by atoms with van der Waals surface area (Å²) in [5, 5.41) is 0. The minimum absolute atomic E-state index is 0.273. The lowest BCUT2D eigenvalue weighted by Crippen LogP contribution is -2.01. The van der Waals surface area contributed by atoms with Gasteiger partial charge in [-0.2, -0.15) is 0 Å². The Bertz CT molecular complexity index is 631. The molecule has 0 saturated carbocycles. The maximum atomic E-state index is 12.0. The number of fused-ring (bicyclic) bond motifs is 1. The molecule has 2 aromatic heterocycles. The fraction of sp³-hybridized carbons (Fsp3) is 0.375. The molecule has 4 heteroatoms. The van der Waals surface area contributed by atoms with Crippen LogP contribution in [-0.4, -0.2) is 22.4 Å². The van der Waals surface area contributed by atoms with Gasteiger partial charge in [-0.1, -0.05) is 6.07 Å². The summed E-state index contributed by atoms with van der Waals surface area (Å²) < 4.78 is 7.33. The topological polar surface area (TPSA) is 44.1 Å². The largest absolute Gasteiger partial charge is 0.481 e. The molecule has 3 rings (SSSR count). The van der Waals surface area contributed by atoms with Crippen molar-refractivity contribution in [1.82, 2.24) is 9.55 Å². The van der Waals surface area contributed by atoms with Crippen molar-refractivity contribution in [2.24, 2.45) is 0 Å². The summed E-state index contributed by atoms with van der Waals surface area (Å²) in [5.74, 6) is 0.914. The van der Waals surface area contributed by atoms with Gasteiger partial charge in [0.1, 0.15) is 0 Å². The van der Waals surface area contributed by atoms with Crippen LogP contribution in [0.25, 0.3) is 0 Å². The highest BCUT2D eigenvalue weighted by atomic mass is 16.5. The maximum absolute atomic E-state index is 12.0. The first-order valence-corrected chi connectivity index (χ1v) is 6.97. The predicted octanol–water partition coefficient (Wildman–Crippen LogP) is 2.85. The lowest BCUT2D eigenvalue weighted by molar-refractivity contribution is 0.0982. The van der Waals surface area contributed by atoms with E-state index in [9.17, 15) is 4.79 Å². The molecule has 0 spiro atoms. The molecule has 0 aromatic carbocycles. The Morgan fingerprint density at radius 3 is 3.00 bits per heavy atom. The van der Waals surface area contributed by atoms with Gasteiger partial charge in [-0.05, 0) is 30.9 Å². The van der Waals surface area contributed by atoms with E-state index in [1.54, 1.807) is 13.3 Å². The normalized spacial score (nSPS) is 14.8. The van der Waals surface area contributed by atoms with Crippen molar-refractivity contribution in [2.45, 2.75) is 32.2 Å². The molecular formula is C16H18N2O2. The van der Waals surface area contributed by atoms with E-state index in [-0.39, 0.29) is 5.78 Å². The molecule has 0 fully saturated rings. The van der Waals surface area contributed by atoms with Crippen molar-refractivity contribution in [1.29, 1.82) is 0 Å². The van der Waals surface area contributed by atoms with Gasteiger partial charge in [-0.3, -0.25) is 4.79 Å². The van der Waals surface area contributed by atoms with Crippen molar-refractivity contribution < 1.29 is 9.53 Å². The van der Waals surface area contributed by atoms with Crippen LogP contribution >= 0.6 is 0 Å². The zero-order valence-corrected chi connectivity index (χ0v) is 11.6. The third kappa shape index (κ3) is 2.46. The standard InChI is InChI=1S/C16H18N2O2/c1-20-16-13(6-4-8-17-16)10-18-9-12-5-2-3-7-15(19)14(12)11-18/h4,6,8-9,11H,2-3,5,7,10H2,1H3. The number of rotatable bonds is 3. The average molecular weight is 270 g/mol. The van der Waals surface area contributed by atoms with E-state index in [1.165, 1.54) is 5.56 Å². The molecule has 1 aliphatic rings. The molecule has 1 aliphatic carbocycles. The number of hydrogen-bond donors (Lipinski definition) is 0. The monoisotopic (exact) mass is 270 g/mol. The van der Waals surface area contributed by atoms with Gasteiger partial charge in [-0.15, -0.1) is 0 Å². The summed E-state index contributed by atoms with van der Waals surface area (Å²) in [6, 6.07) is 3.90. The zero-order chi connectivity index (χ0) is 13.9. The van der Waals surface area contributed by atoms with Gasteiger partial charge < -0.3 is 9.30 Å². The smallest absolute Gasteiger partial charge is 0.218 e. The molecule has 4 nitrogen and oxygen atoms in total. The van der Waals surface area contributed by atoms with Gasteiger partial charge in [0, 0.05) is 36.1 Å². The van der Waals surface area contributed by atoms with Crippen molar-refractivity contribution in [2.75, 3.05) is 7.11 Å². The number of Topliss-reactive ketones (excluding diaryl/α,β-unsaturated/α-hetero) is 1. The van der Waals surface area contributed by atoms with Gasteiger partial charge in [0.25, 0.3) is 0 Å². The third-order valence-corrected chi connectivity index (χ3v) is 3.76. The van der Waals surface area contributed by atoms with E-state index in [0.29, 0.717) is 18.8 Å². The molecule has 2 heterocycles. The van der Waals surface area contributed by atoms with Gasteiger partial charge in [0.2, 0.25) is 5.88 Å². The molecule has 0 amide bonds. The van der Waals surface area contributed by atoms with Gasteiger partial charge >= 0.3 is 0 Å². The highest BCUT2D eigenvalue weighted by Gasteiger charge is 2.18. The minimum atomic E-state index is 0.273. The first kappa shape index (κ1) is 12.9. The predicted molar refractivity (Wildman–Crippen MR) is 76.2 cm³/mol. The third-order valence-electron chi connectivity index (χ3n) is 3.76. The summed E-state index contributed by atoms with van der Waals surface area (Å²) in [4.78, 5) is 16.2. The molecule has 0 atom stereocenters. The molecule has 20 heavy (non-hydrogen) atoms. The number of aromatic nitrogens is 2. The number of hydrogen-bond acceptors (Lipinski definition) is 3. The summed E-state index contributed by atoms with van der Waals surface area (Å²) in [6.07, 6.45) is 9.55. The molecule has 104 valence electrons. The van der Waals surface area contributed by atoms with Crippen LogP contribution in [0.3, 0.4) is 0 Å². The van der Waals surface area contributed by atoms with E-state index < -0.39 is 0 Å². The van der Waals surface area contributed by atoms with Crippen LogP contribution in [0.1, 0.15) is 40.7 Å². The Morgan fingerprint density at radius 1 is 1.30 bits per heavy atom. The van der Waals surface area contributed by atoms with Crippen LogP contribution in [-0.2, 0) is 13.0 Å². The van der Waals surface area contributed by atoms with Crippen LogP contribution in [0.5, 0.6) is 5.88 Å². The molecule has 2 aromatic rings. The number of methoxy groups -OCH3 is 1. The summed E-state index contributed by atoms with van der Waals surface area (Å²) >= 11 is 0. The van der Waals surface area contributed by atoms with Gasteiger partial charge in [0.15, 0.2) is 5.78 Å². The second-order valence-corrected chi connectivity index (χ2v) is 5.17. The number of carbonyl (C=O) groups excluding carboxylic acids is 1. The first-order chi connectivity index (χ1) is 9.78. The van der Waals surface area contributed by atoms with Crippen molar-refractivity contribution >= 4 is 5.78 Å². The van der Waals surface area contributed by atoms with Gasteiger partial charge in [-0.25, -0.2) is 4.98 Å². The summed E-state index contributed by atoms with van der Waals surface area (Å²) in [5.41, 5.74) is 3.09. The van der Waals surface area contributed by atoms with Gasteiger partial charge in [0.05, 0.1) is 13.7 Å². The molecule has 0 saturated heterocycles. The van der Waals surface area contributed by atoms with Crippen LogP contribution in [0.15, 0.2) is 30.7 Å². The lowest BCUT2D eigenvalue weighted by atomic mass is 10.1. The average Bonchev–Trinajstić information content (AvgIpc) is 2.79. The Kier molecular flexibility index (Phi) is 3.54. The van der Waals surface area contributed by atoms with Crippen LogP contribution in [0.4, 0.5) is 0 Å². The zero-order valence-electron chi connectivity index (χ0n) is 11.6. The van der Waals surface area contributed by atoms with Crippen molar-refractivity contribution in [3.63, 3.8) is 0 Å². The fourth-order valence-electron chi connectivity index (χ4n) is 2.76.